The van der Waals surface area contributed by atoms with Crippen molar-refractivity contribution in [2.24, 2.45) is 0 Å². The lowest BCUT2D eigenvalue weighted by molar-refractivity contribution is 0.238. The number of anilines is 1. The summed E-state index contributed by atoms with van der Waals surface area (Å²) in [5, 5.41) is 12.8. The van der Waals surface area contributed by atoms with Gasteiger partial charge in [0.15, 0.2) is 0 Å². The zero-order chi connectivity index (χ0) is 13.9. The lowest BCUT2D eigenvalue weighted by Gasteiger charge is -2.27. The van der Waals surface area contributed by atoms with E-state index in [1.807, 2.05) is 26.2 Å². The number of urea groups is 1. The summed E-state index contributed by atoms with van der Waals surface area (Å²) in [5.74, 6) is 0. The predicted octanol–water partition coefficient (Wildman–Crippen LogP) is 2.75. The Balaban J connectivity index is 2.08. The van der Waals surface area contributed by atoms with Crippen LogP contribution in [0.15, 0.2) is 11.6 Å². The van der Waals surface area contributed by atoms with E-state index in [1.54, 1.807) is 11.3 Å². The summed E-state index contributed by atoms with van der Waals surface area (Å²) in [7, 11) is 0. The number of carbonyl (C=O) groups is 1. The molecule has 1 atom stereocenters. The van der Waals surface area contributed by atoms with Gasteiger partial charge in [0.1, 0.15) is 10.0 Å². The van der Waals surface area contributed by atoms with Crippen molar-refractivity contribution in [1.29, 1.82) is 0 Å². The Morgan fingerprint density at radius 1 is 1.53 bits per heavy atom. The molecule has 2 N–H and O–H groups in total. The first kappa shape index (κ1) is 13.9. The monoisotopic (exact) mass is 297 g/mol. The van der Waals surface area contributed by atoms with E-state index >= 15 is 0 Å². The van der Waals surface area contributed by atoms with Crippen molar-refractivity contribution in [3.05, 3.63) is 22.3 Å². The minimum Gasteiger partial charge on any atom is -0.326 e. The van der Waals surface area contributed by atoms with Gasteiger partial charge in [-0.3, -0.25) is 5.32 Å². The third kappa shape index (κ3) is 3.27. The molecular formula is C11H15N5OS2. The molecule has 102 valence electrons. The van der Waals surface area contributed by atoms with Crippen LogP contribution in [0.25, 0.3) is 0 Å². The number of nitrogens with zero attached hydrogens (tertiary/aromatic N) is 3. The maximum atomic E-state index is 12.0. The van der Waals surface area contributed by atoms with Gasteiger partial charge in [-0.2, -0.15) is 0 Å². The molecule has 2 amide bonds. The summed E-state index contributed by atoms with van der Waals surface area (Å²) >= 11 is 2.69. The van der Waals surface area contributed by atoms with Crippen molar-refractivity contribution in [1.82, 2.24) is 19.9 Å². The number of aromatic nitrogens is 3. The molecule has 0 aliphatic heterocycles. The van der Waals surface area contributed by atoms with E-state index in [1.165, 1.54) is 6.20 Å². The minimum absolute atomic E-state index is 0.275. The SMILES string of the molecule is CCC(C)(NC(=O)Nc1cnns1)c1nc(C)cs1. The molecule has 1 unspecified atom stereocenters. The van der Waals surface area contributed by atoms with E-state index < -0.39 is 5.54 Å². The highest BCUT2D eigenvalue weighted by molar-refractivity contribution is 7.10. The highest BCUT2D eigenvalue weighted by atomic mass is 32.1. The number of hydrogen-bond donors (Lipinski definition) is 2. The van der Waals surface area contributed by atoms with E-state index in [0.29, 0.717) is 5.00 Å². The smallest absolute Gasteiger partial charge is 0.320 e. The molecule has 2 aromatic rings. The van der Waals surface area contributed by atoms with Gasteiger partial charge in [-0.05, 0) is 20.3 Å². The molecule has 0 spiro atoms. The number of rotatable bonds is 4. The maximum absolute atomic E-state index is 12.0. The fraction of sp³-hybridized carbons (Fsp3) is 0.455. The van der Waals surface area contributed by atoms with Crippen LogP contribution in [-0.4, -0.2) is 20.6 Å². The second-order valence-electron chi connectivity index (χ2n) is 4.34. The Labute approximate surface area is 119 Å². The van der Waals surface area contributed by atoms with Crippen LogP contribution in [0, 0.1) is 6.92 Å². The minimum atomic E-state index is -0.471. The van der Waals surface area contributed by atoms with Crippen molar-refractivity contribution >= 4 is 33.9 Å². The average Bonchev–Trinajstić information content (AvgIpc) is 3.00. The van der Waals surface area contributed by atoms with Crippen molar-refractivity contribution in [3.8, 4) is 0 Å². The Hall–Kier alpha value is -1.54. The fourth-order valence-electron chi connectivity index (χ4n) is 1.52. The van der Waals surface area contributed by atoms with Gasteiger partial charge >= 0.3 is 6.03 Å². The van der Waals surface area contributed by atoms with Gasteiger partial charge in [-0.1, -0.05) is 11.4 Å². The molecule has 8 heteroatoms. The van der Waals surface area contributed by atoms with Crippen LogP contribution in [0.4, 0.5) is 9.80 Å². The van der Waals surface area contributed by atoms with Crippen LogP contribution in [0.5, 0.6) is 0 Å². The molecule has 0 radical (unpaired) electrons. The van der Waals surface area contributed by atoms with Gasteiger partial charge in [0, 0.05) is 22.6 Å². The van der Waals surface area contributed by atoms with Crippen LogP contribution >= 0.6 is 22.9 Å². The number of nitrogens with one attached hydrogen (secondary N) is 2. The molecule has 0 saturated carbocycles. The summed E-state index contributed by atoms with van der Waals surface area (Å²) in [4.78, 5) is 16.4. The Morgan fingerprint density at radius 3 is 2.84 bits per heavy atom. The van der Waals surface area contributed by atoms with Gasteiger partial charge in [-0.15, -0.1) is 16.4 Å². The second kappa shape index (κ2) is 5.62. The quantitative estimate of drug-likeness (QED) is 0.909. The molecule has 0 fully saturated rings. The summed E-state index contributed by atoms with van der Waals surface area (Å²) in [6.45, 7) is 5.93. The molecule has 0 aliphatic rings. The van der Waals surface area contributed by atoms with Crippen LogP contribution in [0.2, 0.25) is 0 Å². The number of amides is 2. The molecule has 2 heterocycles. The van der Waals surface area contributed by atoms with E-state index in [4.69, 9.17) is 0 Å². The summed E-state index contributed by atoms with van der Waals surface area (Å²) in [6, 6.07) is -0.275. The molecule has 0 aromatic carbocycles. The lowest BCUT2D eigenvalue weighted by atomic mass is 10.0. The van der Waals surface area contributed by atoms with E-state index in [9.17, 15) is 4.79 Å². The molecule has 19 heavy (non-hydrogen) atoms. The van der Waals surface area contributed by atoms with Crippen molar-refractivity contribution < 1.29 is 4.79 Å². The Morgan fingerprint density at radius 2 is 2.32 bits per heavy atom. The number of carbonyl (C=O) groups excluding carboxylic acids is 1. The number of aryl methyl sites for hydroxylation is 1. The second-order valence-corrected chi connectivity index (χ2v) is 5.98. The topological polar surface area (TPSA) is 79.8 Å². The summed E-state index contributed by atoms with van der Waals surface area (Å²) < 4.78 is 3.69. The molecule has 2 rings (SSSR count). The first-order valence-electron chi connectivity index (χ1n) is 5.82. The van der Waals surface area contributed by atoms with Gasteiger partial charge < -0.3 is 5.32 Å². The van der Waals surface area contributed by atoms with Crippen LogP contribution in [0.3, 0.4) is 0 Å². The highest BCUT2D eigenvalue weighted by Gasteiger charge is 2.29. The first-order chi connectivity index (χ1) is 9.03. The van der Waals surface area contributed by atoms with Gasteiger partial charge in [-0.25, -0.2) is 9.78 Å². The summed E-state index contributed by atoms with van der Waals surface area (Å²) in [5.41, 5.74) is 0.495. The molecule has 0 saturated heterocycles. The largest absolute Gasteiger partial charge is 0.326 e. The van der Waals surface area contributed by atoms with Crippen LogP contribution in [-0.2, 0) is 5.54 Å². The fourth-order valence-corrected chi connectivity index (χ4v) is 2.92. The average molecular weight is 297 g/mol. The zero-order valence-corrected chi connectivity index (χ0v) is 12.6. The normalized spacial score (nSPS) is 13.8. The third-order valence-electron chi connectivity index (χ3n) is 2.79. The number of thiazole rings is 1. The molecule has 2 aromatic heterocycles. The van der Waals surface area contributed by atoms with Crippen molar-refractivity contribution in [3.63, 3.8) is 0 Å². The van der Waals surface area contributed by atoms with Crippen molar-refractivity contribution in [2.45, 2.75) is 32.7 Å². The van der Waals surface area contributed by atoms with Gasteiger partial charge in [0.2, 0.25) is 0 Å². The van der Waals surface area contributed by atoms with Gasteiger partial charge in [0.25, 0.3) is 0 Å². The van der Waals surface area contributed by atoms with E-state index in [0.717, 1.165) is 28.7 Å². The van der Waals surface area contributed by atoms with Gasteiger partial charge in [0.05, 0.1) is 11.7 Å². The van der Waals surface area contributed by atoms with E-state index in [-0.39, 0.29) is 6.03 Å². The molecule has 0 aliphatic carbocycles. The Bertz CT molecular complexity index is 553. The third-order valence-corrected chi connectivity index (χ3v) is 4.59. The van der Waals surface area contributed by atoms with Crippen LogP contribution in [0.1, 0.15) is 31.0 Å². The maximum Gasteiger partial charge on any atom is 0.320 e. The van der Waals surface area contributed by atoms with E-state index in [2.05, 4.69) is 25.2 Å². The number of hydrogen-bond acceptors (Lipinski definition) is 6. The standard InChI is InChI=1S/C11H15N5OS2/c1-4-11(3,9-13-7(2)6-18-9)15-10(17)14-8-5-12-16-19-8/h5-6H,4H2,1-3H3,(H2,14,15,17). The zero-order valence-electron chi connectivity index (χ0n) is 10.9. The molecular weight excluding hydrogens is 282 g/mol. The summed E-state index contributed by atoms with van der Waals surface area (Å²) in [6.07, 6.45) is 2.27. The molecule has 0 bridgehead atoms. The van der Waals surface area contributed by atoms with Crippen molar-refractivity contribution in [2.75, 3.05) is 5.32 Å². The molecule has 6 nitrogen and oxygen atoms in total. The van der Waals surface area contributed by atoms with Crippen LogP contribution < -0.4 is 10.6 Å². The lowest BCUT2D eigenvalue weighted by Crippen LogP contribution is -2.45. The Kier molecular flexibility index (Phi) is 4.11. The first-order valence-corrected chi connectivity index (χ1v) is 7.48. The highest BCUT2D eigenvalue weighted by Crippen LogP contribution is 2.27. The predicted molar refractivity (Wildman–Crippen MR) is 76.6 cm³/mol.